The van der Waals surface area contributed by atoms with Crippen molar-refractivity contribution in [1.29, 1.82) is 0 Å². The van der Waals surface area contributed by atoms with E-state index in [2.05, 4.69) is 215 Å². The minimum atomic E-state index is -1.84. The maximum Gasteiger partial charge on any atom is 0.0867 e. The largest absolute Gasteiger partial charge is 0.240 e. The summed E-state index contributed by atoms with van der Waals surface area (Å²) in [6.07, 6.45) is 23.6. The summed E-state index contributed by atoms with van der Waals surface area (Å²) in [5.74, 6) is 0. The first-order chi connectivity index (χ1) is 39.0. The van der Waals surface area contributed by atoms with Crippen molar-refractivity contribution in [1.82, 2.24) is 4.44 Å². The van der Waals surface area contributed by atoms with Gasteiger partial charge in [-0.05, 0) is 26.8 Å². The number of nitrogens with zero attached hydrogens (tertiary/aromatic N) is 1. The number of benzene rings is 5. The Balaban J connectivity index is 1.98. The van der Waals surface area contributed by atoms with E-state index in [9.17, 15) is 0 Å². The van der Waals surface area contributed by atoms with E-state index in [1.54, 1.807) is 31.4 Å². The molecule has 0 fully saturated rings. The van der Waals surface area contributed by atoms with Gasteiger partial charge < -0.3 is 0 Å². The molecule has 0 radical (unpaired) electrons. The highest BCUT2D eigenvalue weighted by Gasteiger charge is 2.40. The van der Waals surface area contributed by atoms with Crippen LogP contribution in [0.5, 0.6) is 0 Å². The van der Waals surface area contributed by atoms with Crippen LogP contribution in [-0.2, 0) is 6.54 Å². The van der Waals surface area contributed by atoms with E-state index < -0.39 is 48.4 Å². The molecule has 0 heterocycles. The van der Waals surface area contributed by atoms with Crippen molar-refractivity contribution >= 4 is 90.4 Å². The SMILES string of the molecule is CCCC[Si](CCCC)(CCCC)c1cccc(P(c2cccc([Si](CCCC)(CCCC)CCCC)c2)N(Cc2ccccc2)P(c2ccc([Si](CCC)(CCC)CCC)cc2)c2ccc([Si](CCC)(CCC)CCC)cc2)c1. The molecule has 0 unspecified atom stereocenters. The Morgan fingerprint density at radius 1 is 0.263 bits per heavy atom. The third-order valence-corrected chi connectivity index (χ3v) is 47.1. The molecule has 1 nitrogen and oxygen atoms in total. The molecule has 7 heteroatoms. The van der Waals surface area contributed by atoms with Gasteiger partial charge in [-0.2, -0.15) is 0 Å². The summed E-state index contributed by atoms with van der Waals surface area (Å²) in [6.45, 7) is 30.3. The number of rotatable bonds is 42. The second kappa shape index (κ2) is 36.6. The molecule has 442 valence electrons. The molecule has 0 bridgehead atoms. The quantitative estimate of drug-likeness (QED) is 0.0278. The van der Waals surface area contributed by atoms with Gasteiger partial charge in [-0.1, -0.05) is 419 Å². The number of hydrogen-bond donors (Lipinski definition) is 0. The number of hydrogen-bond acceptors (Lipinski definition) is 1. The van der Waals surface area contributed by atoms with E-state index >= 15 is 0 Å². The molecule has 0 saturated heterocycles. The van der Waals surface area contributed by atoms with Gasteiger partial charge in [0.2, 0.25) is 0 Å². The van der Waals surface area contributed by atoms with Crippen LogP contribution in [0.1, 0.15) is 204 Å². The van der Waals surface area contributed by atoms with Crippen molar-refractivity contribution in [3.63, 3.8) is 0 Å². The van der Waals surface area contributed by atoms with Crippen LogP contribution in [0, 0.1) is 0 Å². The van der Waals surface area contributed by atoms with Crippen LogP contribution in [0.25, 0.3) is 0 Å². The molecule has 0 N–H and O–H groups in total. The van der Waals surface area contributed by atoms with Crippen molar-refractivity contribution < 1.29 is 0 Å². The smallest absolute Gasteiger partial charge is 0.0867 e. The summed E-state index contributed by atoms with van der Waals surface area (Å²) in [6, 6.07) is 71.8. The zero-order chi connectivity index (χ0) is 57.7. The first-order valence-electron chi connectivity index (χ1n) is 33.9. The first kappa shape index (κ1) is 68.6. The summed E-state index contributed by atoms with van der Waals surface area (Å²) in [4.78, 5) is 0. The lowest BCUT2D eigenvalue weighted by Crippen LogP contribution is -2.49. The van der Waals surface area contributed by atoms with E-state index in [0.717, 1.165) is 6.54 Å². The number of unbranched alkanes of at least 4 members (excludes halogenated alkanes) is 6. The van der Waals surface area contributed by atoms with E-state index in [0.29, 0.717) is 0 Å². The second-order valence-corrected chi connectivity index (χ2v) is 48.2. The molecule has 0 saturated carbocycles. The molecule has 5 aromatic carbocycles. The standard InChI is InChI=1S/C73H119NP2Si4/c1-13-25-56-79(57-26-14-2,58-27-15-3)72-40-34-38-68(62-72)76(69-39-35-41-73(63-69)80(59-28-16-4,60-29-17-5)61-30-18-6)74(64-65-36-32-31-33-37-65)75(66-42-46-70(47-43-66)77(50-19-7,51-20-8)52-21-9)67-44-48-71(49-45-67)78(53-22-10,54-23-11)55-24-12/h31-49,62-63H,13-30,50-61,64H2,1-12H3. The van der Waals surface area contributed by atoms with Gasteiger partial charge in [0.25, 0.3) is 0 Å². The van der Waals surface area contributed by atoms with Gasteiger partial charge >= 0.3 is 0 Å². The molecule has 0 spiro atoms. The Morgan fingerprint density at radius 2 is 0.550 bits per heavy atom. The highest BCUT2D eigenvalue weighted by molar-refractivity contribution is 7.84. The van der Waals surface area contributed by atoms with E-state index in [-0.39, 0.29) is 0 Å². The average molecular weight is 1190 g/mol. The van der Waals surface area contributed by atoms with Crippen LogP contribution < -0.4 is 42.0 Å². The third kappa shape index (κ3) is 18.4. The lowest BCUT2D eigenvalue weighted by atomic mass is 10.2. The molecule has 5 rings (SSSR count). The molecular weight excluding hydrogens is 1070 g/mol. The van der Waals surface area contributed by atoms with Crippen molar-refractivity contribution in [2.75, 3.05) is 0 Å². The maximum absolute atomic E-state index is 3.17. The minimum absolute atomic E-state index is 0.921. The summed E-state index contributed by atoms with van der Waals surface area (Å²) >= 11 is 0. The molecule has 0 atom stereocenters. The topological polar surface area (TPSA) is 3.24 Å². The first-order valence-corrected chi connectivity index (χ1v) is 47.0. The Labute approximate surface area is 502 Å². The van der Waals surface area contributed by atoms with Gasteiger partial charge in [0.15, 0.2) is 0 Å². The van der Waals surface area contributed by atoms with Crippen molar-refractivity contribution in [2.24, 2.45) is 0 Å². The normalized spacial score (nSPS) is 12.6. The fraction of sp³-hybridized carbons (Fsp3) is 0.589. The highest BCUT2D eigenvalue weighted by atomic mass is 31.2. The van der Waals surface area contributed by atoms with Gasteiger partial charge in [0.05, 0.1) is 32.3 Å². The van der Waals surface area contributed by atoms with Gasteiger partial charge in [-0.15, -0.1) is 0 Å². The van der Waals surface area contributed by atoms with Crippen LogP contribution in [0.2, 0.25) is 72.5 Å². The Bertz CT molecular complexity index is 2200. The zero-order valence-electron chi connectivity index (χ0n) is 53.9. The summed E-state index contributed by atoms with van der Waals surface area (Å²) in [5, 5.41) is 13.2. The van der Waals surface area contributed by atoms with Crippen molar-refractivity contribution in [2.45, 2.75) is 278 Å². The van der Waals surface area contributed by atoms with Crippen LogP contribution in [-0.4, -0.2) is 36.7 Å². The third-order valence-electron chi connectivity index (χ3n) is 18.9. The van der Waals surface area contributed by atoms with Crippen LogP contribution in [0.4, 0.5) is 0 Å². The molecule has 0 aliphatic carbocycles. The molecule has 0 aliphatic rings. The maximum atomic E-state index is 3.17. The summed E-state index contributed by atoms with van der Waals surface area (Å²) < 4.78 is 3.17. The van der Waals surface area contributed by atoms with Crippen molar-refractivity contribution in [3.8, 4) is 0 Å². The Morgan fingerprint density at radius 3 is 0.838 bits per heavy atom. The van der Waals surface area contributed by atoms with Crippen molar-refractivity contribution in [3.05, 3.63) is 133 Å². The minimum Gasteiger partial charge on any atom is -0.240 e. The summed E-state index contributed by atoms with van der Waals surface area (Å²) in [7, 11) is -9.01. The zero-order valence-corrected chi connectivity index (χ0v) is 59.7. The average Bonchev–Trinajstić information content (AvgIpc) is 3.54. The highest BCUT2D eigenvalue weighted by Crippen LogP contribution is 2.56. The van der Waals surface area contributed by atoms with Crippen LogP contribution >= 0.6 is 16.1 Å². The fourth-order valence-electron chi connectivity index (χ4n) is 14.9. The van der Waals surface area contributed by atoms with Gasteiger partial charge in [-0.25, -0.2) is 4.44 Å². The Kier molecular flexibility index (Phi) is 31.4. The van der Waals surface area contributed by atoms with E-state index in [1.807, 2.05) is 0 Å². The molecular formula is C73H119NP2Si4. The Hall–Kier alpha value is -2.21. The monoisotopic (exact) mass is 1180 g/mol. The molecule has 0 aliphatic heterocycles. The lowest BCUT2D eigenvalue weighted by Gasteiger charge is -2.41. The van der Waals surface area contributed by atoms with Crippen LogP contribution in [0.3, 0.4) is 0 Å². The molecule has 0 aromatic heterocycles. The molecule has 5 aromatic rings. The predicted octanol–water partition coefficient (Wildman–Crippen LogP) is 20.5. The van der Waals surface area contributed by atoms with Gasteiger partial charge in [0, 0.05) is 22.7 Å². The summed E-state index contributed by atoms with van der Waals surface area (Å²) in [5.41, 5.74) is 1.43. The van der Waals surface area contributed by atoms with E-state index in [4.69, 9.17) is 0 Å². The van der Waals surface area contributed by atoms with Crippen LogP contribution in [0.15, 0.2) is 127 Å². The molecule has 0 amide bonds. The predicted molar refractivity (Wildman–Crippen MR) is 381 cm³/mol. The van der Waals surface area contributed by atoms with E-state index in [1.165, 1.54) is 204 Å². The van der Waals surface area contributed by atoms with Gasteiger partial charge in [-0.3, -0.25) is 0 Å². The molecule has 80 heavy (non-hydrogen) atoms. The lowest BCUT2D eigenvalue weighted by molar-refractivity contribution is 0.717. The fourth-order valence-corrected chi connectivity index (χ4v) is 43.1. The van der Waals surface area contributed by atoms with Gasteiger partial charge in [0.1, 0.15) is 0 Å². The second-order valence-electron chi connectivity index (χ2n) is 25.1.